The van der Waals surface area contributed by atoms with Crippen LogP contribution >= 0.6 is 11.6 Å². The molecule has 0 spiro atoms. The highest BCUT2D eigenvalue weighted by atomic mass is 35.5. The molecule has 2 fully saturated rings. The molecule has 0 radical (unpaired) electrons. The van der Waals surface area contributed by atoms with E-state index in [1.807, 2.05) is 0 Å². The predicted octanol–water partition coefficient (Wildman–Crippen LogP) is 3.80. The highest BCUT2D eigenvalue weighted by Gasteiger charge is 2.28. The van der Waals surface area contributed by atoms with Gasteiger partial charge in [0, 0.05) is 5.38 Å². The first-order chi connectivity index (χ1) is 8.15. The molecule has 0 heterocycles. The largest absolute Gasteiger partial charge is 0.287 e. The van der Waals surface area contributed by atoms with Gasteiger partial charge in [0.2, 0.25) is 0 Å². The standard InChI is InChI=1S/C13H23ClO2S/c1-10-2-6-12(7-3-10)16-17(15)13-8-4-11(14)5-9-13/h10-13H,2-9H2,1H3. The minimum absolute atomic E-state index is 0.226. The van der Waals surface area contributed by atoms with E-state index < -0.39 is 11.1 Å². The van der Waals surface area contributed by atoms with Gasteiger partial charge in [0.05, 0.1) is 11.4 Å². The molecule has 2 rings (SSSR count). The summed E-state index contributed by atoms with van der Waals surface area (Å²) < 4.78 is 17.8. The van der Waals surface area contributed by atoms with Crippen LogP contribution in [0.5, 0.6) is 0 Å². The molecule has 2 saturated carbocycles. The Balaban J connectivity index is 1.73. The number of rotatable bonds is 3. The summed E-state index contributed by atoms with van der Waals surface area (Å²) in [5.41, 5.74) is 0. The van der Waals surface area contributed by atoms with Gasteiger partial charge < -0.3 is 0 Å². The minimum Gasteiger partial charge on any atom is -0.287 e. The first-order valence-corrected chi connectivity index (χ1v) is 8.44. The van der Waals surface area contributed by atoms with Crippen molar-refractivity contribution in [2.45, 2.75) is 75.0 Å². The molecule has 2 nitrogen and oxygen atoms in total. The van der Waals surface area contributed by atoms with Crippen molar-refractivity contribution in [1.82, 2.24) is 0 Å². The summed E-state index contributed by atoms with van der Waals surface area (Å²) in [6.45, 7) is 2.29. The summed E-state index contributed by atoms with van der Waals surface area (Å²) in [6, 6.07) is 0. The van der Waals surface area contributed by atoms with Gasteiger partial charge in [0.25, 0.3) is 0 Å². The Morgan fingerprint density at radius 1 is 1.00 bits per heavy atom. The van der Waals surface area contributed by atoms with Crippen molar-refractivity contribution < 1.29 is 8.39 Å². The van der Waals surface area contributed by atoms with Crippen LogP contribution in [0, 0.1) is 5.92 Å². The second-order valence-electron chi connectivity index (χ2n) is 5.61. The smallest absolute Gasteiger partial charge is 0.158 e. The third-order valence-corrected chi connectivity index (χ3v) is 5.98. The highest BCUT2D eigenvalue weighted by Crippen LogP contribution is 2.30. The van der Waals surface area contributed by atoms with Crippen LogP contribution in [0.3, 0.4) is 0 Å². The molecule has 0 aromatic rings. The maximum Gasteiger partial charge on any atom is 0.158 e. The molecule has 100 valence electrons. The van der Waals surface area contributed by atoms with Gasteiger partial charge in [-0.1, -0.05) is 6.92 Å². The first kappa shape index (κ1) is 13.8. The molecule has 2 aliphatic carbocycles. The summed E-state index contributed by atoms with van der Waals surface area (Å²) in [4.78, 5) is 0. The molecule has 1 unspecified atom stereocenters. The Morgan fingerprint density at radius 3 is 2.18 bits per heavy atom. The zero-order chi connectivity index (χ0) is 12.3. The van der Waals surface area contributed by atoms with Gasteiger partial charge in [0.1, 0.15) is 0 Å². The van der Waals surface area contributed by atoms with Crippen LogP contribution in [0.25, 0.3) is 0 Å². The highest BCUT2D eigenvalue weighted by molar-refractivity contribution is 7.80. The Kier molecular flexibility index (Phi) is 5.31. The topological polar surface area (TPSA) is 26.3 Å². The van der Waals surface area contributed by atoms with E-state index >= 15 is 0 Å². The summed E-state index contributed by atoms with van der Waals surface area (Å²) in [5.74, 6) is 0.815. The van der Waals surface area contributed by atoms with E-state index in [1.54, 1.807) is 0 Å². The van der Waals surface area contributed by atoms with Gasteiger partial charge in [-0.2, -0.15) is 0 Å². The van der Waals surface area contributed by atoms with Gasteiger partial charge >= 0.3 is 0 Å². The van der Waals surface area contributed by atoms with Crippen LogP contribution < -0.4 is 0 Å². The molecule has 17 heavy (non-hydrogen) atoms. The molecule has 1 atom stereocenters. The van der Waals surface area contributed by atoms with Gasteiger partial charge in [0.15, 0.2) is 11.1 Å². The second kappa shape index (κ2) is 6.53. The SMILES string of the molecule is CC1CCC(OS(=O)C2CCC(Cl)CC2)CC1. The lowest BCUT2D eigenvalue weighted by Crippen LogP contribution is -2.29. The molecule has 0 aliphatic heterocycles. The normalized spacial score (nSPS) is 41.1. The molecule has 0 bridgehead atoms. The summed E-state index contributed by atoms with van der Waals surface area (Å²) in [7, 11) is 0. The maximum absolute atomic E-state index is 12.1. The number of hydrogen-bond donors (Lipinski definition) is 0. The lowest BCUT2D eigenvalue weighted by Gasteiger charge is -2.29. The maximum atomic E-state index is 12.1. The zero-order valence-electron chi connectivity index (χ0n) is 10.6. The number of halogens is 1. The van der Waals surface area contributed by atoms with Crippen molar-refractivity contribution in [3.05, 3.63) is 0 Å². The molecule has 0 amide bonds. The summed E-state index contributed by atoms with van der Waals surface area (Å²) >= 11 is 4.97. The third-order valence-electron chi connectivity index (χ3n) is 4.07. The lowest BCUT2D eigenvalue weighted by atomic mass is 9.89. The van der Waals surface area contributed by atoms with E-state index in [1.165, 1.54) is 12.8 Å². The summed E-state index contributed by atoms with van der Waals surface area (Å²) in [6.07, 6.45) is 8.74. The Labute approximate surface area is 112 Å². The number of hydrogen-bond acceptors (Lipinski definition) is 2. The minimum atomic E-state index is -1.09. The van der Waals surface area contributed by atoms with Gasteiger partial charge in [-0.15, -0.1) is 11.6 Å². The van der Waals surface area contributed by atoms with Crippen molar-refractivity contribution in [3.8, 4) is 0 Å². The van der Waals surface area contributed by atoms with E-state index in [4.69, 9.17) is 15.8 Å². The Morgan fingerprint density at radius 2 is 1.59 bits per heavy atom. The van der Waals surface area contributed by atoms with Crippen molar-refractivity contribution in [3.63, 3.8) is 0 Å². The van der Waals surface area contributed by atoms with Gasteiger partial charge in [-0.3, -0.25) is 4.18 Å². The predicted molar refractivity (Wildman–Crippen MR) is 72.5 cm³/mol. The van der Waals surface area contributed by atoms with E-state index in [2.05, 4.69) is 6.92 Å². The van der Waals surface area contributed by atoms with Crippen molar-refractivity contribution in [2.75, 3.05) is 0 Å². The van der Waals surface area contributed by atoms with Gasteiger partial charge in [-0.05, 0) is 57.3 Å². The summed E-state index contributed by atoms with van der Waals surface area (Å²) in [5, 5.41) is 0.517. The third kappa shape index (κ3) is 4.22. The van der Waals surface area contributed by atoms with E-state index in [-0.39, 0.29) is 11.4 Å². The molecule has 0 N–H and O–H groups in total. The van der Waals surface area contributed by atoms with Crippen LogP contribution in [-0.2, 0) is 15.3 Å². The quantitative estimate of drug-likeness (QED) is 0.734. The molecule has 0 aromatic heterocycles. The fourth-order valence-corrected chi connectivity index (χ4v) is 4.28. The van der Waals surface area contributed by atoms with Crippen LogP contribution in [0.4, 0.5) is 0 Å². The van der Waals surface area contributed by atoms with Crippen LogP contribution in [0.1, 0.15) is 58.3 Å². The van der Waals surface area contributed by atoms with Crippen molar-refractivity contribution >= 4 is 22.7 Å². The zero-order valence-corrected chi connectivity index (χ0v) is 12.1. The van der Waals surface area contributed by atoms with Gasteiger partial charge in [-0.25, -0.2) is 4.21 Å². The number of alkyl halides is 1. The molecular weight excluding hydrogens is 256 g/mol. The molecular formula is C13H23ClO2S. The monoisotopic (exact) mass is 278 g/mol. The van der Waals surface area contributed by atoms with Crippen LogP contribution in [-0.4, -0.2) is 20.9 Å². The van der Waals surface area contributed by atoms with Crippen molar-refractivity contribution in [2.24, 2.45) is 5.92 Å². The second-order valence-corrected chi connectivity index (χ2v) is 7.61. The Hall–Kier alpha value is 0.400. The van der Waals surface area contributed by atoms with E-state index in [0.29, 0.717) is 5.38 Å². The molecule has 0 aromatic carbocycles. The molecule has 2 aliphatic rings. The van der Waals surface area contributed by atoms with Crippen molar-refractivity contribution in [1.29, 1.82) is 0 Å². The molecule has 0 saturated heterocycles. The fraction of sp³-hybridized carbons (Fsp3) is 1.00. The van der Waals surface area contributed by atoms with E-state index in [0.717, 1.165) is 44.4 Å². The average molecular weight is 279 g/mol. The fourth-order valence-electron chi connectivity index (χ4n) is 2.75. The Bertz CT molecular complexity index is 256. The lowest BCUT2D eigenvalue weighted by molar-refractivity contribution is 0.149. The average Bonchev–Trinajstić information content (AvgIpc) is 2.33. The first-order valence-electron chi connectivity index (χ1n) is 6.87. The molecule has 4 heteroatoms. The van der Waals surface area contributed by atoms with E-state index in [9.17, 15) is 4.21 Å². The van der Waals surface area contributed by atoms with Crippen LogP contribution in [0.15, 0.2) is 0 Å². The van der Waals surface area contributed by atoms with Crippen LogP contribution in [0.2, 0.25) is 0 Å².